The monoisotopic (exact) mass is 360 g/mol. The fourth-order valence-electron chi connectivity index (χ4n) is 2.78. The van der Waals surface area contributed by atoms with Crippen LogP contribution in [0.3, 0.4) is 0 Å². The normalized spacial score (nSPS) is 18.7. The highest BCUT2D eigenvalue weighted by Crippen LogP contribution is 2.30. The lowest BCUT2D eigenvalue weighted by molar-refractivity contribution is -0.122. The molecule has 1 unspecified atom stereocenters. The summed E-state index contributed by atoms with van der Waals surface area (Å²) in [6.45, 7) is 8.62. The number of likely N-dealkylation sites (tertiary alicyclic amines) is 1. The van der Waals surface area contributed by atoms with Crippen molar-refractivity contribution in [2.75, 3.05) is 13.1 Å². The lowest BCUT2D eigenvalue weighted by Gasteiger charge is -2.39. The number of benzene rings is 1. The molecule has 0 spiro atoms. The topological polar surface area (TPSA) is 67.9 Å². The van der Waals surface area contributed by atoms with E-state index in [1.165, 1.54) is 0 Å². The maximum atomic E-state index is 11.9. The van der Waals surface area contributed by atoms with Crippen LogP contribution >= 0.6 is 0 Å². The molecule has 142 valence electrons. The highest BCUT2D eigenvalue weighted by molar-refractivity contribution is 5.81. The van der Waals surface area contributed by atoms with E-state index in [1.54, 1.807) is 4.90 Å². The molecule has 1 N–H and O–H groups in total. The third-order valence-corrected chi connectivity index (χ3v) is 4.49. The summed E-state index contributed by atoms with van der Waals surface area (Å²) in [6.07, 6.45) is 1.70. The summed E-state index contributed by atoms with van der Waals surface area (Å²) in [6, 6.07) is 7.74. The van der Waals surface area contributed by atoms with Crippen molar-refractivity contribution in [3.8, 4) is 5.75 Å². The third kappa shape index (κ3) is 4.90. The smallest absolute Gasteiger partial charge is 0.410 e. The average Bonchev–Trinajstić information content (AvgIpc) is 3.33. The molecule has 2 aliphatic rings. The van der Waals surface area contributed by atoms with Crippen LogP contribution in [0.2, 0.25) is 0 Å². The van der Waals surface area contributed by atoms with E-state index in [9.17, 15) is 9.59 Å². The molecule has 1 aliphatic heterocycles. The molecule has 0 bridgehead atoms. The maximum Gasteiger partial charge on any atom is 0.410 e. The number of hydrogen-bond donors (Lipinski definition) is 1. The predicted octanol–water partition coefficient (Wildman–Crippen LogP) is 3.27. The van der Waals surface area contributed by atoms with E-state index in [1.807, 2.05) is 52.0 Å². The van der Waals surface area contributed by atoms with E-state index in [4.69, 9.17) is 9.47 Å². The van der Waals surface area contributed by atoms with Crippen molar-refractivity contribution in [2.45, 2.75) is 58.3 Å². The molecule has 1 aromatic carbocycles. The number of carbonyl (C=O) groups excluding carboxylic acids is 2. The second-order valence-electron chi connectivity index (χ2n) is 8.20. The number of rotatable bonds is 5. The van der Waals surface area contributed by atoms with E-state index >= 15 is 0 Å². The Morgan fingerprint density at radius 2 is 1.77 bits per heavy atom. The van der Waals surface area contributed by atoms with Crippen molar-refractivity contribution in [2.24, 2.45) is 5.92 Å². The molecule has 6 heteroatoms. The van der Waals surface area contributed by atoms with Gasteiger partial charge in [-0.25, -0.2) is 4.79 Å². The van der Waals surface area contributed by atoms with Crippen molar-refractivity contribution in [3.05, 3.63) is 29.8 Å². The standard InChI is InChI=1S/C20H28N2O4/c1-13(21-18(23)15-5-6-15)14-7-9-16(10-8-14)25-17-11-22(12-17)19(24)26-20(2,3)4/h7-10,13,15,17H,5-6,11-12H2,1-4H3,(H,21,23). The zero-order valence-electron chi connectivity index (χ0n) is 16.0. The molecule has 2 amide bonds. The second-order valence-corrected chi connectivity index (χ2v) is 8.20. The largest absolute Gasteiger partial charge is 0.487 e. The summed E-state index contributed by atoms with van der Waals surface area (Å²) in [5.74, 6) is 1.13. The van der Waals surface area contributed by atoms with E-state index in [-0.39, 0.29) is 30.1 Å². The van der Waals surface area contributed by atoms with E-state index in [0.717, 1.165) is 24.2 Å². The first kappa shape index (κ1) is 18.5. The maximum absolute atomic E-state index is 11.9. The molecule has 1 atom stereocenters. The average molecular weight is 360 g/mol. The van der Waals surface area contributed by atoms with Crippen molar-refractivity contribution in [1.29, 1.82) is 0 Å². The van der Waals surface area contributed by atoms with Gasteiger partial charge in [-0.3, -0.25) is 4.79 Å². The Morgan fingerprint density at radius 1 is 1.15 bits per heavy atom. The zero-order valence-corrected chi connectivity index (χ0v) is 16.0. The van der Waals surface area contributed by atoms with Gasteiger partial charge in [0.15, 0.2) is 0 Å². The van der Waals surface area contributed by atoms with Crippen LogP contribution in [0.4, 0.5) is 4.79 Å². The van der Waals surface area contributed by atoms with Gasteiger partial charge in [0.05, 0.1) is 19.1 Å². The van der Waals surface area contributed by atoms with Crippen molar-refractivity contribution >= 4 is 12.0 Å². The van der Waals surface area contributed by atoms with E-state index in [2.05, 4.69) is 5.32 Å². The quantitative estimate of drug-likeness (QED) is 0.875. The molecule has 0 aromatic heterocycles. The van der Waals surface area contributed by atoms with Crippen LogP contribution in [0.15, 0.2) is 24.3 Å². The number of nitrogens with zero attached hydrogens (tertiary/aromatic N) is 1. The SMILES string of the molecule is CC(NC(=O)C1CC1)c1ccc(OC2CN(C(=O)OC(C)(C)C)C2)cc1. The van der Waals surface area contributed by atoms with Gasteiger partial charge in [-0.1, -0.05) is 12.1 Å². The Labute approximate surface area is 154 Å². The van der Waals surface area contributed by atoms with Gasteiger partial charge in [-0.15, -0.1) is 0 Å². The Balaban J connectivity index is 1.44. The van der Waals surface area contributed by atoms with Gasteiger partial charge >= 0.3 is 6.09 Å². The minimum absolute atomic E-state index is 0.0106. The second kappa shape index (κ2) is 7.17. The van der Waals surface area contributed by atoms with Crippen LogP contribution in [0.25, 0.3) is 0 Å². The van der Waals surface area contributed by atoms with Crippen LogP contribution in [0, 0.1) is 5.92 Å². The van der Waals surface area contributed by atoms with Crippen molar-refractivity contribution < 1.29 is 19.1 Å². The molecule has 0 radical (unpaired) electrons. The number of amides is 2. The highest BCUT2D eigenvalue weighted by atomic mass is 16.6. The van der Waals surface area contributed by atoms with Crippen molar-refractivity contribution in [1.82, 2.24) is 10.2 Å². The van der Waals surface area contributed by atoms with Gasteiger partial charge in [0.1, 0.15) is 17.5 Å². The number of carbonyl (C=O) groups is 2. The first-order valence-electron chi connectivity index (χ1n) is 9.26. The fourth-order valence-corrected chi connectivity index (χ4v) is 2.78. The Kier molecular flexibility index (Phi) is 5.12. The highest BCUT2D eigenvalue weighted by Gasteiger charge is 2.35. The molecule has 1 aromatic rings. The summed E-state index contributed by atoms with van der Waals surface area (Å²) in [4.78, 5) is 25.4. The summed E-state index contributed by atoms with van der Waals surface area (Å²) < 4.78 is 11.2. The molecule has 1 heterocycles. The van der Waals surface area contributed by atoms with E-state index in [0.29, 0.717) is 13.1 Å². The molecule has 3 rings (SSSR count). The summed E-state index contributed by atoms with van der Waals surface area (Å²) in [7, 11) is 0. The minimum Gasteiger partial charge on any atom is -0.487 e. The van der Waals surface area contributed by atoms with Gasteiger partial charge in [-0.2, -0.15) is 0 Å². The molecule has 1 saturated heterocycles. The lowest BCUT2D eigenvalue weighted by Crippen LogP contribution is -2.57. The molecule has 2 fully saturated rings. The van der Waals surface area contributed by atoms with Gasteiger partial charge in [-0.05, 0) is 58.2 Å². The summed E-state index contributed by atoms with van der Waals surface area (Å²) in [5.41, 5.74) is 0.570. The van der Waals surface area contributed by atoms with Crippen LogP contribution in [-0.4, -0.2) is 41.7 Å². The fraction of sp³-hybridized carbons (Fsp3) is 0.600. The molecule has 26 heavy (non-hydrogen) atoms. The van der Waals surface area contributed by atoms with Gasteiger partial charge in [0.2, 0.25) is 5.91 Å². The number of nitrogens with one attached hydrogen (secondary N) is 1. The first-order chi connectivity index (χ1) is 12.2. The van der Waals surface area contributed by atoms with E-state index < -0.39 is 5.60 Å². The molecular weight excluding hydrogens is 332 g/mol. The van der Waals surface area contributed by atoms with Crippen molar-refractivity contribution in [3.63, 3.8) is 0 Å². The Hall–Kier alpha value is -2.24. The molecule has 1 saturated carbocycles. The zero-order chi connectivity index (χ0) is 18.9. The van der Waals surface area contributed by atoms with Gasteiger partial charge in [0, 0.05) is 5.92 Å². The first-order valence-corrected chi connectivity index (χ1v) is 9.26. The summed E-state index contributed by atoms with van der Waals surface area (Å²) in [5, 5.41) is 3.04. The molecule has 6 nitrogen and oxygen atoms in total. The Bertz CT molecular complexity index is 655. The van der Waals surface area contributed by atoms with Crippen LogP contribution in [0.5, 0.6) is 5.75 Å². The lowest BCUT2D eigenvalue weighted by atomic mass is 10.1. The molecular formula is C20H28N2O4. The number of hydrogen-bond acceptors (Lipinski definition) is 4. The third-order valence-electron chi connectivity index (χ3n) is 4.49. The van der Waals surface area contributed by atoms with Crippen LogP contribution < -0.4 is 10.1 Å². The minimum atomic E-state index is -0.482. The predicted molar refractivity (Wildman–Crippen MR) is 97.9 cm³/mol. The van der Waals surface area contributed by atoms with Crippen LogP contribution in [0.1, 0.15) is 52.1 Å². The molecule has 1 aliphatic carbocycles. The van der Waals surface area contributed by atoms with Gasteiger partial charge < -0.3 is 19.7 Å². The number of ether oxygens (including phenoxy) is 2. The van der Waals surface area contributed by atoms with Crippen LogP contribution in [-0.2, 0) is 9.53 Å². The Morgan fingerprint density at radius 3 is 2.31 bits per heavy atom. The summed E-state index contributed by atoms with van der Waals surface area (Å²) >= 11 is 0. The van der Waals surface area contributed by atoms with Gasteiger partial charge in [0.25, 0.3) is 0 Å².